The smallest absolute Gasteiger partial charge is 0.231 e. The second-order valence-electron chi connectivity index (χ2n) is 7.35. The summed E-state index contributed by atoms with van der Waals surface area (Å²) in [7, 11) is 0. The van der Waals surface area contributed by atoms with Crippen molar-refractivity contribution in [2.75, 3.05) is 16.7 Å². The molecule has 6 heteroatoms. The van der Waals surface area contributed by atoms with Crippen LogP contribution >= 0.6 is 0 Å². The second kappa shape index (κ2) is 7.22. The van der Waals surface area contributed by atoms with Crippen LogP contribution in [0.4, 0.5) is 11.4 Å². The number of fused-ring (bicyclic) bond motifs is 1. The molecule has 2 heterocycles. The van der Waals surface area contributed by atoms with Crippen LogP contribution in [-0.4, -0.2) is 18.4 Å². The second-order valence-corrected chi connectivity index (χ2v) is 7.35. The zero-order valence-corrected chi connectivity index (χ0v) is 16.8. The normalized spacial score (nSPS) is 17.3. The lowest BCUT2D eigenvalue weighted by atomic mass is 10.1. The quantitative estimate of drug-likeness (QED) is 0.639. The number of carbonyl (C=O) groups is 1. The number of para-hydroxylation sites is 1. The fraction of sp³-hybridized carbons (Fsp3) is 0.167. The van der Waals surface area contributed by atoms with E-state index in [9.17, 15) is 4.79 Å². The number of carbonyl (C=O) groups excluding carboxylic acids is 1. The topological polar surface area (TPSA) is 54.4 Å². The van der Waals surface area contributed by atoms with Crippen LogP contribution in [0.3, 0.4) is 0 Å². The van der Waals surface area contributed by atoms with Crippen LogP contribution < -0.4 is 19.4 Å². The van der Waals surface area contributed by atoms with Gasteiger partial charge in [0.05, 0.1) is 5.69 Å². The van der Waals surface area contributed by atoms with E-state index in [1.165, 1.54) is 0 Å². The van der Waals surface area contributed by atoms with Gasteiger partial charge in [-0.05, 0) is 43.3 Å². The maximum absolute atomic E-state index is 12.6. The summed E-state index contributed by atoms with van der Waals surface area (Å²) >= 11 is 0. The predicted molar refractivity (Wildman–Crippen MR) is 116 cm³/mol. The van der Waals surface area contributed by atoms with Crippen molar-refractivity contribution < 1.29 is 14.3 Å². The highest BCUT2D eigenvalue weighted by Crippen LogP contribution is 2.42. The van der Waals surface area contributed by atoms with E-state index in [0.717, 1.165) is 28.3 Å². The first-order valence-electron chi connectivity index (χ1n) is 9.81. The van der Waals surface area contributed by atoms with Gasteiger partial charge in [0.2, 0.25) is 6.79 Å². The first-order chi connectivity index (χ1) is 14.6. The fourth-order valence-corrected chi connectivity index (χ4v) is 3.78. The number of amidine groups is 1. The first kappa shape index (κ1) is 18.2. The molecule has 3 aromatic rings. The molecular weight excluding hydrogens is 378 g/mol. The van der Waals surface area contributed by atoms with E-state index >= 15 is 0 Å². The van der Waals surface area contributed by atoms with Crippen molar-refractivity contribution in [2.45, 2.75) is 20.0 Å². The van der Waals surface area contributed by atoms with Crippen LogP contribution in [-0.2, 0) is 4.79 Å². The van der Waals surface area contributed by atoms with Crippen LogP contribution in [0.25, 0.3) is 0 Å². The van der Waals surface area contributed by atoms with E-state index in [4.69, 9.17) is 14.6 Å². The number of rotatable bonds is 4. The Hall–Kier alpha value is -3.80. The third-order valence-electron chi connectivity index (χ3n) is 5.25. The highest BCUT2D eigenvalue weighted by Gasteiger charge is 2.39. The Morgan fingerprint density at radius 3 is 2.40 bits per heavy atom. The Labute approximate surface area is 174 Å². The molecule has 0 amide bonds. The van der Waals surface area contributed by atoms with Crippen molar-refractivity contribution in [2.24, 2.45) is 5.10 Å². The number of ketones is 1. The van der Waals surface area contributed by atoms with E-state index in [-0.39, 0.29) is 18.7 Å². The predicted octanol–water partition coefficient (Wildman–Crippen LogP) is 4.65. The van der Waals surface area contributed by atoms with Crippen LogP contribution in [0.2, 0.25) is 0 Å². The molecule has 0 fully saturated rings. The van der Waals surface area contributed by atoms with Crippen molar-refractivity contribution in [3.63, 3.8) is 0 Å². The Morgan fingerprint density at radius 1 is 0.933 bits per heavy atom. The van der Waals surface area contributed by atoms with Crippen LogP contribution in [0, 0.1) is 6.92 Å². The van der Waals surface area contributed by atoms with Gasteiger partial charge in [-0.2, -0.15) is 0 Å². The van der Waals surface area contributed by atoms with E-state index < -0.39 is 0 Å². The number of ether oxygens (including phenoxy) is 2. The maximum Gasteiger partial charge on any atom is 0.231 e. The molecule has 0 saturated heterocycles. The van der Waals surface area contributed by atoms with Gasteiger partial charge in [-0.1, -0.05) is 42.0 Å². The monoisotopic (exact) mass is 399 g/mol. The van der Waals surface area contributed by atoms with E-state index in [1.54, 1.807) is 6.92 Å². The summed E-state index contributed by atoms with van der Waals surface area (Å²) in [4.78, 5) is 14.6. The van der Waals surface area contributed by atoms with Gasteiger partial charge in [-0.25, -0.2) is 5.01 Å². The third kappa shape index (κ3) is 3.06. The summed E-state index contributed by atoms with van der Waals surface area (Å²) in [6.45, 7) is 3.80. The van der Waals surface area contributed by atoms with Gasteiger partial charge < -0.3 is 9.47 Å². The molecule has 1 atom stereocenters. The molecule has 0 N–H and O–H groups in total. The molecule has 0 aromatic heterocycles. The number of aryl methyl sites for hydroxylation is 1. The standard InChI is InChI=1S/C24H21N3O3/c1-16-8-11-19(12-9-16)26-23(17(2)28)25-27(20-6-4-3-5-7-20)24(26)18-10-13-21-22(14-18)30-15-29-21/h3-14,24H,15H2,1-2H3. The summed E-state index contributed by atoms with van der Waals surface area (Å²) in [5, 5.41) is 6.63. The molecule has 0 bridgehead atoms. The Balaban J connectivity index is 1.68. The Kier molecular flexibility index (Phi) is 4.39. The molecule has 30 heavy (non-hydrogen) atoms. The van der Waals surface area contributed by atoms with Gasteiger partial charge in [-0.15, -0.1) is 5.10 Å². The van der Waals surface area contributed by atoms with Crippen molar-refractivity contribution in [1.82, 2.24) is 0 Å². The zero-order valence-electron chi connectivity index (χ0n) is 16.8. The van der Waals surface area contributed by atoms with Crippen molar-refractivity contribution in [1.29, 1.82) is 0 Å². The highest BCUT2D eigenvalue weighted by molar-refractivity contribution is 6.44. The van der Waals surface area contributed by atoms with Crippen molar-refractivity contribution in [3.8, 4) is 11.5 Å². The Morgan fingerprint density at radius 2 is 1.67 bits per heavy atom. The molecule has 2 aliphatic heterocycles. The van der Waals surface area contributed by atoms with E-state index in [1.807, 2.05) is 89.6 Å². The molecule has 0 aliphatic carbocycles. The molecule has 5 rings (SSSR count). The number of Topliss-reactive ketones (excluding diaryl/α,β-unsaturated/α-hetero) is 1. The Bertz CT molecular complexity index is 1130. The number of benzene rings is 3. The van der Waals surface area contributed by atoms with Gasteiger partial charge in [-0.3, -0.25) is 9.69 Å². The maximum atomic E-state index is 12.6. The third-order valence-corrected chi connectivity index (χ3v) is 5.25. The van der Waals surface area contributed by atoms with Gasteiger partial charge >= 0.3 is 0 Å². The van der Waals surface area contributed by atoms with E-state index in [0.29, 0.717) is 11.6 Å². The highest BCUT2D eigenvalue weighted by atomic mass is 16.7. The van der Waals surface area contributed by atoms with Gasteiger partial charge in [0.15, 0.2) is 29.3 Å². The molecule has 150 valence electrons. The number of nitrogens with zero attached hydrogens (tertiary/aromatic N) is 3. The lowest BCUT2D eigenvalue weighted by Gasteiger charge is -2.32. The molecular formula is C24H21N3O3. The molecule has 0 radical (unpaired) electrons. The van der Waals surface area contributed by atoms with Crippen LogP contribution in [0.15, 0.2) is 77.9 Å². The van der Waals surface area contributed by atoms with Gasteiger partial charge in [0, 0.05) is 18.2 Å². The average molecular weight is 399 g/mol. The number of hydrogen-bond acceptors (Lipinski definition) is 6. The zero-order chi connectivity index (χ0) is 20.7. The molecule has 1 unspecified atom stereocenters. The lowest BCUT2D eigenvalue weighted by molar-refractivity contribution is -0.111. The molecule has 2 aliphatic rings. The fourth-order valence-electron chi connectivity index (χ4n) is 3.78. The molecule has 3 aromatic carbocycles. The largest absolute Gasteiger partial charge is 0.454 e. The summed E-state index contributed by atoms with van der Waals surface area (Å²) < 4.78 is 11.1. The molecule has 0 saturated carbocycles. The van der Waals surface area contributed by atoms with Gasteiger partial charge in [0.25, 0.3) is 0 Å². The average Bonchev–Trinajstić information content (AvgIpc) is 3.39. The van der Waals surface area contributed by atoms with E-state index in [2.05, 4.69) is 0 Å². The minimum absolute atomic E-state index is 0.0975. The summed E-state index contributed by atoms with van der Waals surface area (Å²) in [6, 6.07) is 23.8. The van der Waals surface area contributed by atoms with Crippen molar-refractivity contribution >= 4 is 23.0 Å². The van der Waals surface area contributed by atoms with Crippen molar-refractivity contribution in [3.05, 3.63) is 83.9 Å². The minimum atomic E-state index is -0.344. The summed E-state index contributed by atoms with van der Waals surface area (Å²) in [6.07, 6.45) is -0.344. The van der Waals surface area contributed by atoms with Crippen LogP contribution in [0.1, 0.15) is 24.2 Å². The van der Waals surface area contributed by atoms with Gasteiger partial charge in [0.1, 0.15) is 0 Å². The minimum Gasteiger partial charge on any atom is -0.454 e. The molecule has 0 spiro atoms. The summed E-state index contributed by atoms with van der Waals surface area (Å²) in [5.74, 6) is 1.71. The number of hydrazone groups is 1. The number of hydrogen-bond donors (Lipinski definition) is 0. The number of anilines is 2. The van der Waals surface area contributed by atoms with Crippen LogP contribution in [0.5, 0.6) is 11.5 Å². The molecule has 6 nitrogen and oxygen atoms in total. The SMILES string of the molecule is CC(=O)C1=NN(c2ccccc2)C(c2ccc3c(c2)OCO3)N1c1ccc(C)cc1. The summed E-state index contributed by atoms with van der Waals surface area (Å²) in [5.41, 5.74) is 3.90. The first-order valence-corrected chi connectivity index (χ1v) is 9.81. The lowest BCUT2D eigenvalue weighted by Crippen LogP contribution is -2.37.